The fraction of sp³-hybridized carbons (Fsp3) is 0.647. The van der Waals surface area contributed by atoms with Gasteiger partial charge in [0.1, 0.15) is 5.75 Å². The van der Waals surface area contributed by atoms with Gasteiger partial charge in [0.05, 0.1) is 13.2 Å². The van der Waals surface area contributed by atoms with Crippen molar-refractivity contribution < 1.29 is 9.84 Å². The Kier molecular flexibility index (Phi) is 3.74. The Morgan fingerprint density at radius 2 is 2.05 bits per heavy atom. The van der Waals surface area contributed by atoms with E-state index >= 15 is 0 Å². The first-order chi connectivity index (χ1) is 9.60. The van der Waals surface area contributed by atoms with E-state index in [2.05, 4.69) is 24.8 Å². The molecule has 1 aromatic carbocycles. The monoisotopic (exact) mass is 275 g/mol. The first-order valence-corrected chi connectivity index (χ1v) is 7.69. The summed E-state index contributed by atoms with van der Waals surface area (Å²) in [5.41, 5.74) is 2.33. The molecule has 1 heterocycles. The zero-order valence-corrected chi connectivity index (χ0v) is 12.7. The van der Waals surface area contributed by atoms with Gasteiger partial charge in [-0.05, 0) is 54.5 Å². The first-order valence-electron chi connectivity index (χ1n) is 7.69. The van der Waals surface area contributed by atoms with Crippen molar-refractivity contribution in [1.82, 2.24) is 4.90 Å². The maximum atomic E-state index is 10.7. The lowest BCUT2D eigenvalue weighted by Gasteiger charge is -2.40. The number of hydrogen-bond donors (Lipinski definition) is 1. The molecule has 1 N–H and O–H groups in total. The molecular weight excluding hydrogens is 250 g/mol. The van der Waals surface area contributed by atoms with Gasteiger partial charge in [0.2, 0.25) is 0 Å². The molecular formula is C17H25NO2. The number of piperidine rings is 1. The SMILES string of the molecule is COc1ccc2c(c1)C(O)C(N1CCC(C)C(C)C1)C2. The van der Waals surface area contributed by atoms with E-state index in [9.17, 15) is 5.11 Å². The minimum absolute atomic E-state index is 0.243. The first kappa shape index (κ1) is 13.9. The van der Waals surface area contributed by atoms with Crippen LogP contribution in [0.5, 0.6) is 5.75 Å². The van der Waals surface area contributed by atoms with Crippen LogP contribution in [0.1, 0.15) is 37.5 Å². The summed E-state index contributed by atoms with van der Waals surface area (Å²) < 4.78 is 5.27. The standard InChI is InChI=1S/C17H25NO2/c1-11-6-7-18(10-12(11)2)16-8-13-4-5-14(20-3)9-15(13)17(16)19/h4-5,9,11-12,16-17,19H,6-8,10H2,1-3H3. The molecule has 0 amide bonds. The molecule has 0 saturated carbocycles. The summed E-state index contributed by atoms with van der Waals surface area (Å²) in [6, 6.07) is 6.34. The summed E-state index contributed by atoms with van der Waals surface area (Å²) in [7, 11) is 1.67. The molecule has 4 unspecified atom stereocenters. The average Bonchev–Trinajstić information content (AvgIpc) is 2.79. The van der Waals surface area contributed by atoms with E-state index in [1.54, 1.807) is 7.11 Å². The normalized spacial score (nSPS) is 34.0. The predicted octanol–water partition coefficient (Wildman–Crippen LogP) is 2.63. The van der Waals surface area contributed by atoms with Crippen LogP contribution < -0.4 is 4.74 Å². The van der Waals surface area contributed by atoms with Crippen molar-refractivity contribution in [2.24, 2.45) is 11.8 Å². The molecule has 1 saturated heterocycles. The number of methoxy groups -OCH3 is 1. The molecule has 0 bridgehead atoms. The minimum Gasteiger partial charge on any atom is -0.497 e. The number of benzene rings is 1. The van der Waals surface area contributed by atoms with Gasteiger partial charge in [-0.1, -0.05) is 19.9 Å². The summed E-state index contributed by atoms with van der Waals surface area (Å²) in [5, 5.41) is 10.7. The quantitative estimate of drug-likeness (QED) is 0.900. The molecule has 20 heavy (non-hydrogen) atoms. The van der Waals surface area contributed by atoms with Crippen LogP contribution in [0.15, 0.2) is 18.2 Å². The Morgan fingerprint density at radius 1 is 1.25 bits per heavy atom. The number of likely N-dealkylation sites (tertiary alicyclic amines) is 1. The van der Waals surface area contributed by atoms with Gasteiger partial charge in [-0.15, -0.1) is 0 Å². The van der Waals surface area contributed by atoms with Crippen LogP contribution in [0.25, 0.3) is 0 Å². The molecule has 1 aromatic rings. The molecule has 1 aliphatic carbocycles. The van der Waals surface area contributed by atoms with E-state index in [0.29, 0.717) is 5.92 Å². The molecule has 1 fully saturated rings. The van der Waals surface area contributed by atoms with Crippen molar-refractivity contribution in [3.63, 3.8) is 0 Å². The number of hydrogen-bond acceptors (Lipinski definition) is 3. The van der Waals surface area contributed by atoms with E-state index < -0.39 is 0 Å². The van der Waals surface area contributed by atoms with Crippen LogP contribution in [-0.2, 0) is 6.42 Å². The summed E-state index contributed by atoms with van der Waals surface area (Å²) in [5.74, 6) is 2.35. The highest BCUT2D eigenvalue weighted by molar-refractivity contribution is 5.41. The van der Waals surface area contributed by atoms with E-state index in [1.807, 2.05) is 12.1 Å². The van der Waals surface area contributed by atoms with Crippen LogP contribution >= 0.6 is 0 Å². The van der Waals surface area contributed by atoms with Gasteiger partial charge in [0.15, 0.2) is 0 Å². The van der Waals surface area contributed by atoms with Crippen molar-refractivity contribution in [3.05, 3.63) is 29.3 Å². The third-order valence-electron chi connectivity index (χ3n) is 5.30. The summed E-state index contributed by atoms with van der Waals surface area (Å²) in [4.78, 5) is 2.49. The van der Waals surface area contributed by atoms with E-state index in [0.717, 1.165) is 36.7 Å². The predicted molar refractivity (Wildman–Crippen MR) is 80.0 cm³/mol. The second-order valence-electron chi connectivity index (χ2n) is 6.52. The van der Waals surface area contributed by atoms with Crippen LogP contribution in [-0.4, -0.2) is 36.2 Å². The maximum absolute atomic E-state index is 10.7. The summed E-state index contributed by atoms with van der Waals surface area (Å²) in [6.45, 7) is 6.88. The van der Waals surface area contributed by atoms with E-state index in [1.165, 1.54) is 12.0 Å². The molecule has 3 rings (SSSR count). The van der Waals surface area contributed by atoms with E-state index in [-0.39, 0.29) is 12.1 Å². The van der Waals surface area contributed by atoms with Gasteiger partial charge in [-0.3, -0.25) is 4.90 Å². The Hall–Kier alpha value is -1.06. The zero-order valence-electron chi connectivity index (χ0n) is 12.7. The molecule has 3 nitrogen and oxygen atoms in total. The summed E-state index contributed by atoms with van der Waals surface area (Å²) >= 11 is 0. The molecule has 0 aromatic heterocycles. The molecule has 1 aliphatic heterocycles. The van der Waals surface area contributed by atoms with Crippen molar-refractivity contribution in [3.8, 4) is 5.75 Å². The number of fused-ring (bicyclic) bond motifs is 1. The third-order valence-corrected chi connectivity index (χ3v) is 5.30. The van der Waals surface area contributed by atoms with Crippen LogP contribution in [0.2, 0.25) is 0 Å². The smallest absolute Gasteiger partial charge is 0.119 e. The average molecular weight is 275 g/mol. The fourth-order valence-corrected chi connectivity index (χ4v) is 3.63. The van der Waals surface area contributed by atoms with Crippen molar-refractivity contribution in [2.45, 2.75) is 38.8 Å². The molecule has 0 radical (unpaired) electrons. The third kappa shape index (κ3) is 2.33. The van der Waals surface area contributed by atoms with Crippen molar-refractivity contribution >= 4 is 0 Å². The van der Waals surface area contributed by atoms with Gasteiger partial charge < -0.3 is 9.84 Å². The van der Waals surface area contributed by atoms with Gasteiger partial charge in [-0.2, -0.15) is 0 Å². The minimum atomic E-state index is -0.374. The Labute approximate surface area is 121 Å². The van der Waals surface area contributed by atoms with Crippen LogP contribution in [0, 0.1) is 11.8 Å². The second kappa shape index (κ2) is 5.38. The number of ether oxygens (including phenoxy) is 1. The number of aliphatic hydroxyl groups excluding tert-OH is 1. The Morgan fingerprint density at radius 3 is 2.75 bits per heavy atom. The second-order valence-corrected chi connectivity index (χ2v) is 6.52. The van der Waals surface area contributed by atoms with Crippen molar-refractivity contribution in [1.29, 1.82) is 0 Å². The lowest BCUT2D eigenvalue weighted by molar-refractivity contribution is 0.0234. The van der Waals surface area contributed by atoms with Gasteiger partial charge in [-0.25, -0.2) is 0 Å². The summed E-state index contributed by atoms with van der Waals surface area (Å²) in [6.07, 6.45) is 1.83. The molecule has 3 heteroatoms. The Balaban J connectivity index is 1.78. The highest BCUT2D eigenvalue weighted by Crippen LogP contribution is 2.38. The fourth-order valence-electron chi connectivity index (χ4n) is 3.63. The molecule has 0 spiro atoms. The van der Waals surface area contributed by atoms with Crippen LogP contribution in [0.3, 0.4) is 0 Å². The van der Waals surface area contributed by atoms with Crippen LogP contribution in [0.4, 0.5) is 0 Å². The molecule has 110 valence electrons. The molecule has 4 atom stereocenters. The van der Waals surface area contributed by atoms with Gasteiger partial charge >= 0.3 is 0 Å². The highest BCUT2D eigenvalue weighted by atomic mass is 16.5. The van der Waals surface area contributed by atoms with E-state index in [4.69, 9.17) is 4.74 Å². The number of nitrogens with zero attached hydrogens (tertiary/aromatic N) is 1. The lowest BCUT2D eigenvalue weighted by atomic mass is 9.87. The van der Waals surface area contributed by atoms with Gasteiger partial charge in [0.25, 0.3) is 0 Å². The Bertz CT molecular complexity index is 488. The maximum Gasteiger partial charge on any atom is 0.119 e. The van der Waals surface area contributed by atoms with Gasteiger partial charge in [0, 0.05) is 12.6 Å². The highest BCUT2D eigenvalue weighted by Gasteiger charge is 2.37. The molecule has 2 aliphatic rings. The van der Waals surface area contributed by atoms with Crippen molar-refractivity contribution in [2.75, 3.05) is 20.2 Å². The number of aliphatic hydroxyl groups is 1. The topological polar surface area (TPSA) is 32.7 Å². The lowest BCUT2D eigenvalue weighted by Crippen LogP contribution is -2.46. The number of rotatable bonds is 2. The zero-order chi connectivity index (χ0) is 14.3. The largest absolute Gasteiger partial charge is 0.497 e.